The Bertz CT molecular complexity index is 1090. The van der Waals surface area contributed by atoms with E-state index in [1.165, 1.54) is 17.8 Å². The molecule has 0 aliphatic carbocycles. The molecular weight excluding hydrogens is 413 g/mol. The quantitative estimate of drug-likeness (QED) is 0.354. The number of ether oxygens (including phenoxy) is 1. The van der Waals surface area contributed by atoms with Crippen molar-refractivity contribution in [3.8, 4) is 17.1 Å². The van der Waals surface area contributed by atoms with Gasteiger partial charge in [0.2, 0.25) is 0 Å². The zero-order valence-corrected chi connectivity index (χ0v) is 17.1. The number of halogens is 2. The molecule has 0 N–H and O–H groups in total. The number of benzene rings is 2. The van der Waals surface area contributed by atoms with Crippen LogP contribution in [0.4, 0.5) is 4.39 Å². The highest BCUT2D eigenvalue weighted by Gasteiger charge is 2.18. The summed E-state index contributed by atoms with van der Waals surface area (Å²) in [5.41, 5.74) is 1.30. The zero-order valence-electron chi connectivity index (χ0n) is 15.5. The summed E-state index contributed by atoms with van der Waals surface area (Å²) in [6.07, 6.45) is 1.62. The van der Waals surface area contributed by atoms with Gasteiger partial charge in [0.05, 0.1) is 19.9 Å². The average Bonchev–Trinajstić information content (AvgIpc) is 3.38. The molecule has 0 aliphatic heterocycles. The van der Waals surface area contributed by atoms with Crippen molar-refractivity contribution in [2.45, 2.75) is 17.5 Å². The Morgan fingerprint density at radius 3 is 2.76 bits per heavy atom. The number of methoxy groups -OCH3 is 1. The molecule has 0 saturated heterocycles. The molecule has 4 rings (SSSR count). The van der Waals surface area contributed by atoms with Gasteiger partial charge in [0, 0.05) is 21.9 Å². The molecule has 0 unspecified atom stereocenters. The normalized spacial score (nSPS) is 11.0. The second-order valence-electron chi connectivity index (χ2n) is 6.19. The Morgan fingerprint density at radius 2 is 2.00 bits per heavy atom. The molecule has 29 heavy (non-hydrogen) atoms. The molecule has 0 bridgehead atoms. The highest BCUT2D eigenvalue weighted by atomic mass is 35.5. The summed E-state index contributed by atoms with van der Waals surface area (Å²) in [4.78, 5) is 0. The Kier molecular flexibility index (Phi) is 5.87. The molecule has 0 radical (unpaired) electrons. The topological polar surface area (TPSA) is 53.1 Å². The van der Waals surface area contributed by atoms with Crippen LogP contribution in [-0.2, 0) is 12.3 Å². The first kappa shape index (κ1) is 19.5. The van der Waals surface area contributed by atoms with Crippen LogP contribution in [0.25, 0.3) is 11.4 Å². The standard InChI is InChI=1S/C21H17ClFN3O2S/c1-27-15-6-2-5-14(11-15)20-24-25-21(26(20)12-16-7-4-10-28-16)29-13-17-18(22)8-3-9-19(17)23/h2-11H,12-13H2,1H3. The molecule has 4 aromatic rings. The minimum Gasteiger partial charge on any atom is -0.497 e. The van der Waals surface area contributed by atoms with Crippen LogP contribution in [0.3, 0.4) is 0 Å². The summed E-state index contributed by atoms with van der Waals surface area (Å²) in [6.45, 7) is 0.444. The minimum absolute atomic E-state index is 0.333. The Morgan fingerprint density at radius 1 is 1.14 bits per heavy atom. The van der Waals surface area contributed by atoms with Crippen molar-refractivity contribution in [3.63, 3.8) is 0 Å². The summed E-state index contributed by atoms with van der Waals surface area (Å²) in [7, 11) is 1.62. The van der Waals surface area contributed by atoms with Crippen LogP contribution < -0.4 is 4.74 Å². The van der Waals surface area contributed by atoms with Crippen molar-refractivity contribution in [1.29, 1.82) is 0 Å². The molecule has 148 valence electrons. The molecule has 0 spiro atoms. The van der Waals surface area contributed by atoms with Crippen LogP contribution in [0.2, 0.25) is 5.02 Å². The van der Waals surface area contributed by atoms with E-state index < -0.39 is 0 Å². The van der Waals surface area contributed by atoms with Gasteiger partial charge in [-0.1, -0.05) is 41.6 Å². The number of rotatable bonds is 7. The highest BCUT2D eigenvalue weighted by Crippen LogP contribution is 2.31. The zero-order chi connectivity index (χ0) is 20.2. The number of aromatic nitrogens is 3. The van der Waals surface area contributed by atoms with E-state index in [4.69, 9.17) is 20.8 Å². The molecule has 0 aliphatic rings. The maximum Gasteiger partial charge on any atom is 0.192 e. The lowest BCUT2D eigenvalue weighted by Gasteiger charge is -2.10. The maximum absolute atomic E-state index is 14.1. The van der Waals surface area contributed by atoms with E-state index >= 15 is 0 Å². The average molecular weight is 430 g/mol. The second-order valence-corrected chi connectivity index (χ2v) is 7.54. The molecule has 0 amide bonds. The number of thioether (sulfide) groups is 1. The lowest BCUT2D eigenvalue weighted by atomic mass is 10.2. The summed E-state index contributed by atoms with van der Waals surface area (Å²) in [5.74, 6) is 2.15. The SMILES string of the molecule is COc1cccc(-c2nnc(SCc3c(F)cccc3Cl)n2Cc2ccco2)c1. The first-order valence-corrected chi connectivity index (χ1v) is 10.2. The third-order valence-corrected chi connectivity index (χ3v) is 5.69. The molecule has 2 heterocycles. The summed E-state index contributed by atoms with van der Waals surface area (Å²) in [5, 5.41) is 9.73. The van der Waals surface area contributed by atoms with Gasteiger partial charge in [-0.15, -0.1) is 10.2 Å². The summed E-state index contributed by atoms with van der Waals surface area (Å²) >= 11 is 7.53. The van der Waals surface area contributed by atoms with Gasteiger partial charge in [0.25, 0.3) is 0 Å². The first-order chi connectivity index (χ1) is 14.2. The molecule has 8 heteroatoms. The van der Waals surface area contributed by atoms with Crippen LogP contribution in [0.5, 0.6) is 5.75 Å². The summed E-state index contributed by atoms with van der Waals surface area (Å²) < 4.78 is 26.9. The fourth-order valence-electron chi connectivity index (χ4n) is 2.88. The van der Waals surface area contributed by atoms with Crippen molar-refractivity contribution in [2.24, 2.45) is 0 Å². The van der Waals surface area contributed by atoms with Crippen LogP contribution in [0.15, 0.2) is 70.4 Å². The first-order valence-electron chi connectivity index (χ1n) is 8.81. The molecule has 5 nitrogen and oxygen atoms in total. The van der Waals surface area contributed by atoms with E-state index in [1.54, 1.807) is 25.5 Å². The van der Waals surface area contributed by atoms with Gasteiger partial charge in [-0.2, -0.15) is 0 Å². The van der Waals surface area contributed by atoms with Crippen molar-refractivity contribution in [1.82, 2.24) is 14.8 Å². The molecule has 2 aromatic heterocycles. The maximum atomic E-state index is 14.1. The van der Waals surface area contributed by atoms with E-state index in [2.05, 4.69) is 10.2 Å². The number of hydrogen-bond acceptors (Lipinski definition) is 5. The van der Waals surface area contributed by atoms with Crippen LogP contribution in [0.1, 0.15) is 11.3 Å². The number of furan rings is 1. The van der Waals surface area contributed by atoms with Gasteiger partial charge in [-0.25, -0.2) is 4.39 Å². The molecule has 2 aromatic carbocycles. The predicted molar refractivity (Wildman–Crippen MR) is 111 cm³/mol. The minimum atomic E-state index is -0.338. The van der Waals surface area contributed by atoms with E-state index in [0.717, 1.165) is 17.1 Å². The lowest BCUT2D eigenvalue weighted by Crippen LogP contribution is -2.04. The van der Waals surface area contributed by atoms with Gasteiger partial charge in [-0.05, 0) is 36.4 Å². The van der Waals surface area contributed by atoms with Crippen LogP contribution in [0, 0.1) is 5.82 Å². The largest absolute Gasteiger partial charge is 0.497 e. The monoisotopic (exact) mass is 429 g/mol. The highest BCUT2D eigenvalue weighted by molar-refractivity contribution is 7.98. The smallest absolute Gasteiger partial charge is 0.192 e. The fraction of sp³-hybridized carbons (Fsp3) is 0.143. The van der Waals surface area contributed by atoms with Gasteiger partial charge in [-0.3, -0.25) is 4.57 Å². The fourth-order valence-corrected chi connectivity index (χ4v) is 4.16. The van der Waals surface area contributed by atoms with Gasteiger partial charge >= 0.3 is 0 Å². The van der Waals surface area contributed by atoms with Crippen LogP contribution in [-0.4, -0.2) is 21.9 Å². The summed E-state index contributed by atoms with van der Waals surface area (Å²) in [6, 6.07) is 16.0. The Labute approximate surface area is 176 Å². The van der Waals surface area contributed by atoms with Crippen LogP contribution >= 0.6 is 23.4 Å². The van der Waals surface area contributed by atoms with Gasteiger partial charge < -0.3 is 9.15 Å². The number of hydrogen-bond donors (Lipinski definition) is 0. The predicted octanol–water partition coefficient (Wildman–Crippen LogP) is 5.68. The molecule has 0 saturated carbocycles. The molecule has 0 atom stereocenters. The van der Waals surface area contributed by atoms with E-state index in [1.807, 2.05) is 41.0 Å². The van der Waals surface area contributed by atoms with Crippen molar-refractivity contribution < 1.29 is 13.5 Å². The Hall–Kier alpha value is -2.77. The van der Waals surface area contributed by atoms with Gasteiger partial charge in [0.1, 0.15) is 17.3 Å². The Balaban J connectivity index is 1.69. The van der Waals surface area contributed by atoms with E-state index in [9.17, 15) is 4.39 Å². The van der Waals surface area contributed by atoms with Crippen molar-refractivity contribution in [2.75, 3.05) is 7.11 Å². The second kappa shape index (κ2) is 8.71. The lowest BCUT2D eigenvalue weighted by molar-refractivity contribution is 0.415. The molecule has 0 fully saturated rings. The van der Waals surface area contributed by atoms with Crippen molar-refractivity contribution >= 4 is 23.4 Å². The third kappa shape index (κ3) is 4.31. The number of nitrogens with zero attached hydrogens (tertiary/aromatic N) is 3. The third-order valence-electron chi connectivity index (χ3n) is 4.35. The van der Waals surface area contributed by atoms with Gasteiger partial charge in [0.15, 0.2) is 11.0 Å². The van der Waals surface area contributed by atoms with E-state index in [-0.39, 0.29) is 5.82 Å². The van der Waals surface area contributed by atoms with Crippen molar-refractivity contribution in [3.05, 3.63) is 83.0 Å². The van der Waals surface area contributed by atoms with E-state index in [0.29, 0.717) is 33.9 Å². The molecular formula is C21H17ClFN3O2S.